The van der Waals surface area contributed by atoms with Gasteiger partial charge in [0.15, 0.2) is 0 Å². The molecule has 3 heterocycles. The average Bonchev–Trinajstić information content (AvgIpc) is 2.99. The number of aromatic hydroxyl groups is 1. The van der Waals surface area contributed by atoms with Crippen molar-refractivity contribution in [2.45, 2.75) is 46.0 Å². The highest BCUT2D eigenvalue weighted by Crippen LogP contribution is 2.43. The molecule has 0 spiro atoms. The summed E-state index contributed by atoms with van der Waals surface area (Å²) in [5.41, 5.74) is 2.73. The lowest BCUT2D eigenvalue weighted by Gasteiger charge is -2.38. The number of hydrogen-bond acceptors (Lipinski definition) is 10. The molecule has 4 aromatic rings. The lowest BCUT2D eigenvalue weighted by atomic mass is 10.1. The first-order valence-corrected chi connectivity index (χ1v) is 15.2. The van der Waals surface area contributed by atoms with Crippen molar-refractivity contribution in [1.82, 2.24) is 19.3 Å². The smallest absolute Gasteiger partial charge is 0.415 e. The van der Waals surface area contributed by atoms with E-state index in [0.29, 0.717) is 40.6 Å². The Bertz CT molecular complexity index is 1650. The zero-order chi connectivity index (χ0) is 31.3. The summed E-state index contributed by atoms with van der Waals surface area (Å²) in [6, 6.07) is 14.7. The predicted molar refractivity (Wildman–Crippen MR) is 175 cm³/mol. The fourth-order valence-electron chi connectivity index (χ4n) is 4.65. The van der Waals surface area contributed by atoms with Crippen molar-refractivity contribution in [3.63, 3.8) is 0 Å². The topological polar surface area (TPSA) is 125 Å². The fraction of sp³-hybridized carbons (Fsp3) is 0.355. The molecule has 3 N–H and O–H groups in total. The summed E-state index contributed by atoms with van der Waals surface area (Å²) in [7, 11) is 3.56. The van der Waals surface area contributed by atoms with Crippen LogP contribution >= 0.6 is 11.9 Å². The van der Waals surface area contributed by atoms with Crippen LogP contribution in [-0.4, -0.2) is 51.5 Å². The molecule has 12 heteroatoms. The van der Waals surface area contributed by atoms with E-state index in [9.17, 15) is 14.7 Å². The van der Waals surface area contributed by atoms with E-state index in [1.165, 1.54) is 21.1 Å². The number of benzene rings is 2. The second kappa shape index (κ2) is 13.3. The van der Waals surface area contributed by atoms with Crippen molar-refractivity contribution in [3.8, 4) is 5.75 Å². The van der Waals surface area contributed by atoms with Crippen LogP contribution in [0.1, 0.15) is 40.2 Å². The Hall–Kier alpha value is -4.29. The van der Waals surface area contributed by atoms with E-state index in [0.717, 1.165) is 11.4 Å². The molecule has 5 rings (SSSR count). The number of nitrogens with zero attached hydrogens (tertiary/aromatic N) is 5. The van der Waals surface area contributed by atoms with Crippen molar-refractivity contribution >= 4 is 57.8 Å². The van der Waals surface area contributed by atoms with Crippen LogP contribution in [0.2, 0.25) is 0 Å². The van der Waals surface area contributed by atoms with Gasteiger partial charge in [0.2, 0.25) is 5.95 Å². The third-order valence-electron chi connectivity index (χ3n) is 6.53. The van der Waals surface area contributed by atoms with E-state index in [2.05, 4.69) is 20.0 Å². The summed E-state index contributed by atoms with van der Waals surface area (Å²) in [6.07, 6.45) is 1.11. The molecule has 0 aliphatic carbocycles. The van der Waals surface area contributed by atoms with Gasteiger partial charge in [0.25, 0.3) is 5.56 Å². The molecule has 0 saturated carbocycles. The SMILES string of the molecule is CC.CNSCc1ccc(Nc2ncc3cc(N4CCN(C(=O)OC(C)(C)C)c5c(O)cccc54)c(=O)n(C)c3n2)cc1. The number of anilines is 5. The predicted octanol–water partition coefficient (Wildman–Crippen LogP) is 6.06. The van der Waals surface area contributed by atoms with Gasteiger partial charge in [-0.1, -0.05) is 44.0 Å². The molecule has 228 valence electrons. The number of aromatic nitrogens is 3. The number of hydrogen-bond donors (Lipinski definition) is 3. The van der Waals surface area contributed by atoms with Crippen molar-refractivity contribution < 1.29 is 14.6 Å². The van der Waals surface area contributed by atoms with Crippen LogP contribution in [0, 0.1) is 0 Å². The maximum absolute atomic E-state index is 13.6. The maximum Gasteiger partial charge on any atom is 0.415 e. The van der Waals surface area contributed by atoms with Gasteiger partial charge in [-0.2, -0.15) is 4.98 Å². The molecule has 0 radical (unpaired) electrons. The lowest BCUT2D eigenvalue weighted by molar-refractivity contribution is 0.0579. The summed E-state index contributed by atoms with van der Waals surface area (Å²) in [4.78, 5) is 38.9. The largest absolute Gasteiger partial charge is 0.506 e. The summed E-state index contributed by atoms with van der Waals surface area (Å²) >= 11 is 1.62. The number of para-hydroxylation sites is 1. The number of rotatable bonds is 6. The molecule has 1 amide bonds. The fourth-order valence-corrected chi connectivity index (χ4v) is 5.15. The molecular formula is C31H39N7O4S. The van der Waals surface area contributed by atoms with E-state index < -0.39 is 11.7 Å². The third-order valence-corrected chi connectivity index (χ3v) is 7.30. The molecule has 0 saturated heterocycles. The van der Waals surface area contributed by atoms with E-state index in [-0.39, 0.29) is 17.9 Å². The quantitative estimate of drug-likeness (QED) is 0.223. The van der Waals surface area contributed by atoms with E-state index in [1.807, 2.05) is 45.2 Å². The first kappa shape index (κ1) is 31.6. The van der Waals surface area contributed by atoms with Crippen molar-refractivity contribution in [2.24, 2.45) is 7.05 Å². The molecule has 0 atom stereocenters. The minimum atomic E-state index is -0.699. The van der Waals surface area contributed by atoms with E-state index >= 15 is 0 Å². The van der Waals surface area contributed by atoms with Gasteiger partial charge in [-0.15, -0.1) is 0 Å². The van der Waals surface area contributed by atoms with Crippen LogP contribution in [0.3, 0.4) is 0 Å². The summed E-state index contributed by atoms with van der Waals surface area (Å²) < 4.78 is 10.1. The van der Waals surface area contributed by atoms with Crippen LogP contribution in [0.15, 0.2) is 59.5 Å². The number of nitrogens with one attached hydrogen (secondary N) is 2. The second-order valence-corrected chi connectivity index (χ2v) is 11.6. The minimum absolute atomic E-state index is 0.0801. The Balaban J connectivity index is 0.00000207. The molecule has 1 aliphatic rings. The van der Waals surface area contributed by atoms with E-state index in [4.69, 9.17) is 4.74 Å². The van der Waals surface area contributed by atoms with Crippen LogP contribution in [-0.2, 0) is 17.5 Å². The highest BCUT2D eigenvalue weighted by Gasteiger charge is 2.34. The third kappa shape index (κ3) is 7.03. The molecule has 2 aromatic heterocycles. The number of phenolic OH excluding ortho intramolecular Hbond substituents is 1. The number of ether oxygens (including phenoxy) is 1. The molecule has 43 heavy (non-hydrogen) atoms. The average molecular weight is 606 g/mol. The van der Waals surface area contributed by atoms with E-state index in [1.54, 1.807) is 69.1 Å². The van der Waals surface area contributed by atoms with Crippen molar-refractivity contribution in [1.29, 1.82) is 0 Å². The van der Waals surface area contributed by atoms with Crippen LogP contribution in [0.4, 0.5) is 33.5 Å². The van der Waals surface area contributed by atoms with Crippen LogP contribution < -0.4 is 25.4 Å². The highest BCUT2D eigenvalue weighted by atomic mass is 32.2. The lowest BCUT2D eigenvalue weighted by Crippen LogP contribution is -2.45. The minimum Gasteiger partial charge on any atom is -0.506 e. The Morgan fingerprint density at radius 1 is 1.09 bits per heavy atom. The van der Waals surface area contributed by atoms with Gasteiger partial charge in [-0.05, 0) is 63.7 Å². The van der Waals surface area contributed by atoms with Crippen LogP contribution in [0.5, 0.6) is 5.75 Å². The standard InChI is InChI=1S/C29H33N7O4S.C2H6/c1-29(2,3)40-28(39)36-14-13-35(21-7-6-8-23(37)24(21)36)22-15-19-16-31-27(33-25(19)34(5)26(22)38)32-20-11-9-18(10-12-20)17-41-30-4;1-2/h6-12,15-16,30,37H,13-14,17H2,1-5H3,(H,31,32,33);1-2H3. The Morgan fingerprint density at radius 2 is 1.81 bits per heavy atom. The van der Waals surface area contributed by atoms with Gasteiger partial charge < -0.3 is 20.1 Å². The zero-order valence-corrected chi connectivity index (χ0v) is 26.5. The molecule has 1 aliphatic heterocycles. The molecule has 0 bridgehead atoms. The number of carbonyl (C=O) groups excluding carboxylic acids is 1. The molecule has 2 aromatic carbocycles. The van der Waals surface area contributed by atoms with Gasteiger partial charge in [0.05, 0.1) is 5.69 Å². The van der Waals surface area contributed by atoms with Gasteiger partial charge >= 0.3 is 6.09 Å². The van der Waals surface area contributed by atoms with Crippen molar-refractivity contribution in [3.05, 3.63) is 70.6 Å². The van der Waals surface area contributed by atoms with Gasteiger partial charge in [0, 0.05) is 43.2 Å². The highest BCUT2D eigenvalue weighted by molar-refractivity contribution is 7.96. The number of amides is 1. The molecule has 0 unspecified atom stereocenters. The van der Waals surface area contributed by atoms with Crippen LogP contribution in [0.25, 0.3) is 11.0 Å². The maximum atomic E-state index is 13.6. The van der Waals surface area contributed by atoms with Gasteiger partial charge in [-0.25, -0.2) is 9.78 Å². The Labute approximate surface area is 256 Å². The molecule has 0 fully saturated rings. The number of fused-ring (bicyclic) bond motifs is 2. The normalized spacial score (nSPS) is 12.8. The number of carbonyl (C=O) groups is 1. The molecule has 11 nitrogen and oxygen atoms in total. The monoisotopic (exact) mass is 605 g/mol. The zero-order valence-electron chi connectivity index (χ0n) is 25.6. The van der Waals surface area contributed by atoms with Gasteiger partial charge in [0.1, 0.15) is 28.4 Å². The number of pyridine rings is 1. The first-order chi connectivity index (χ1) is 20.6. The molecular weight excluding hydrogens is 566 g/mol. The summed E-state index contributed by atoms with van der Waals surface area (Å²) in [5, 5.41) is 14.6. The number of phenols is 1. The summed E-state index contributed by atoms with van der Waals surface area (Å²) in [6.45, 7) is 9.90. The Kier molecular flexibility index (Phi) is 9.82. The number of aryl methyl sites for hydroxylation is 1. The van der Waals surface area contributed by atoms with Gasteiger partial charge in [-0.3, -0.25) is 19.0 Å². The summed E-state index contributed by atoms with van der Waals surface area (Å²) in [5.74, 6) is 1.15. The first-order valence-electron chi connectivity index (χ1n) is 14.2. The Morgan fingerprint density at radius 3 is 2.49 bits per heavy atom. The van der Waals surface area contributed by atoms with Crippen molar-refractivity contribution in [2.75, 3.05) is 35.3 Å². The second-order valence-electron chi connectivity index (χ2n) is 10.6.